The highest BCUT2D eigenvalue weighted by atomic mass is 31.2. The van der Waals surface area contributed by atoms with Crippen LogP contribution in [0.2, 0.25) is 0 Å². The maximum absolute atomic E-state index is 13.2. The molecule has 0 aromatic rings. The summed E-state index contributed by atoms with van der Waals surface area (Å²) in [6.45, 7) is 9.98. The molecule has 0 aromatic heterocycles. The van der Waals surface area contributed by atoms with E-state index in [1.165, 1.54) is 13.0 Å². The number of carbonyl (C=O) groups is 3. The van der Waals surface area contributed by atoms with Crippen molar-refractivity contribution in [1.82, 2.24) is 5.32 Å². The Morgan fingerprint density at radius 1 is 1.07 bits per heavy atom. The molecule has 162 valence electrons. The number of hydrogen-bond acceptors (Lipinski definition) is 8. The van der Waals surface area contributed by atoms with Crippen molar-refractivity contribution in [2.45, 2.75) is 66.2 Å². The molecule has 0 aliphatic rings. The van der Waals surface area contributed by atoms with Gasteiger partial charge in [-0.1, -0.05) is 11.6 Å². The van der Waals surface area contributed by atoms with Crippen LogP contribution in [0.3, 0.4) is 0 Å². The average molecular weight is 421 g/mol. The van der Waals surface area contributed by atoms with E-state index in [0.29, 0.717) is 12.0 Å². The van der Waals surface area contributed by atoms with Crippen molar-refractivity contribution in [1.29, 1.82) is 0 Å². The third kappa shape index (κ3) is 11.9. The Balaban J connectivity index is 5.71. The molecule has 0 aliphatic carbocycles. The molecule has 0 unspecified atom stereocenters. The Bertz CT molecular complexity index is 574. The van der Waals surface area contributed by atoms with E-state index in [4.69, 9.17) is 18.5 Å². The molecule has 0 radical (unpaired) electrons. The van der Waals surface area contributed by atoms with Gasteiger partial charge in [0.05, 0.1) is 31.6 Å². The van der Waals surface area contributed by atoms with Crippen LogP contribution in [0.4, 0.5) is 0 Å². The third-order valence-corrected chi connectivity index (χ3v) is 5.34. The first-order valence-electron chi connectivity index (χ1n) is 9.18. The van der Waals surface area contributed by atoms with E-state index in [1.807, 2.05) is 0 Å². The third-order valence-electron chi connectivity index (χ3n) is 3.06. The van der Waals surface area contributed by atoms with E-state index in [-0.39, 0.29) is 38.0 Å². The van der Waals surface area contributed by atoms with E-state index in [1.54, 1.807) is 34.6 Å². The van der Waals surface area contributed by atoms with Gasteiger partial charge < -0.3 is 23.8 Å². The molecule has 0 bridgehead atoms. The first-order valence-corrected chi connectivity index (χ1v) is 10.9. The van der Waals surface area contributed by atoms with E-state index in [0.717, 1.165) is 0 Å². The standard InChI is InChI=1S/C18H32NO8P/c1-7-24-18(22)17(19-12-20)10-16(8-9-25-15(6)21)11-28(23,26-13(2)3)27-14(4)5/h10,12-14,17H,7-9,11H2,1-6H3,(H,19,20)/t17-/m1/s1. The molecule has 10 heteroatoms. The molecule has 28 heavy (non-hydrogen) atoms. The van der Waals surface area contributed by atoms with Crippen LogP contribution in [0.1, 0.15) is 48.0 Å². The minimum absolute atomic E-state index is 0.0150. The van der Waals surface area contributed by atoms with Crippen molar-refractivity contribution in [2.75, 3.05) is 19.4 Å². The first kappa shape index (κ1) is 26.3. The highest BCUT2D eigenvalue weighted by Gasteiger charge is 2.30. The molecule has 0 aromatic carbocycles. The van der Waals surface area contributed by atoms with Crippen molar-refractivity contribution < 1.29 is 37.5 Å². The van der Waals surface area contributed by atoms with Crippen LogP contribution in [-0.4, -0.2) is 56.0 Å². The molecule has 1 atom stereocenters. The van der Waals surface area contributed by atoms with Gasteiger partial charge in [0.25, 0.3) is 0 Å². The lowest BCUT2D eigenvalue weighted by Crippen LogP contribution is -2.36. The number of ether oxygens (including phenoxy) is 2. The molecule has 0 heterocycles. The SMILES string of the molecule is CCOC(=O)[C@@H](C=C(CCOC(C)=O)CP(=O)(OC(C)C)OC(C)C)NC=O. The van der Waals surface area contributed by atoms with Gasteiger partial charge in [0.1, 0.15) is 6.04 Å². The van der Waals surface area contributed by atoms with E-state index in [9.17, 15) is 18.9 Å². The minimum Gasteiger partial charge on any atom is -0.466 e. The summed E-state index contributed by atoms with van der Waals surface area (Å²) >= 11 is 0. The minimum atomic E-state index is -3.55. The van der Waals surface area contributed by atoms with Crippen LogP contribution < -0.4 is 5.32 Å². The predicted molar refractivity (Wildman–Crippen MR) is 104 cm³/mol. The van der Waals surface area contributed by atoms with Gasteiger partial charge in [-0.05, 0) is 34.6 Å². The van der Waals surface area contributed by atoms with E-state index < -0.39 is 25.6 Å². The summed E-state index contributed by atoms with van der Waals surface area (Å²) in [5.74, 6) is -1.13. The van der Waals surface area contributed by atoms with Gasteiger partial charge in [-0.25, -0.2) is 4.79 Å². The maximum atomic E-state index is 13.2. The summed E-state index contributed by atoms with van der Waals surface area (Å²) in [5, 5.41) is 2.35. The summed E-state index contributed by atoms with van der Waals surface area (Å²) in [6, 6.07) is -1.07. The van der Waals surface area contributed by atoms with Gasteiger partial charge in [0.2, 0.25) is 6.41 Å². The average Bonchev–Trinajstić information content (AvgIpc) is 2.52. The van der Waals surface area contributed by atoms with Crippen molar-refractivity contribution in [3.63, 3.8) is 0 Å². The van der Waals surface area contributed by atoms with Crippen LogP contribution in [0.25, 0.3) is 0 Å². The number of hydrogen-bond donors (Lipinski definition) is 1. The summed E-state index contributed by atoms with van der Waals surface area (Å²) in [6.07, 6.45) is 1.15. The number of nitrogens with one attached hydrogen (secondary N) is 1. The van der Waals surface area contributed by atoms with Crippen molar-refractivity contribution in [3.8, 4) is 0 Å². The fraction of sp³-hybridized carbons (Fsp3) is 0.722. The Morgan fingerprint density at radius 3 is 2.07 bits per heavy atom. The molecule has 0 aliphatic heterocycles. The monoisotopic (exact) mass is 421 g/mol. The van der Waals surface area contributed by atoms with Gasteiger partial charge >= 0.3 is 19.5 Å². The molecule has 1 N–H and O–H groups in total. The zero-order valence-electron chi connectivity index (χ0n) is 17.4. The fourth-order valence-corrected chi connectivity index (χ4v) is 4.50. The second-order valence-electron chi connectivity index (χ2n) is 6.51. The summed E-state index contributed by atoms with van der Waals surface area (Å²) in [4.78, 5) is 34.0. The van der Waals surface area contributed by atoms with Crippen LogP contribution in [0, 0.1) is 0 Å². The smallest absolute Gasteiger partial charge is 0.335 e. The van der Waals surface area contributed by atoms with Gasteiger partial charge in [0, 0.05) is 13.3 Å². The van der Waals surface area contributed by atoms with Crippen LogP contribution in [0.15, 0.2) is 11.6 Å². The quantitative estimate of drug-likeness (QED) is 0.197. The first-order chi connectivity index (χ1) is 13.0. The molecule has 1 amide bonds. The number of esters is 2. The highest BCUT2D eigenvalue weighted by Crippen LogP contribution is 2.52. The molecule has 9 nitrogen and oxygen atoms in total. The Kier molecular flexibility index (Phi) is 12.7. The maximum Gasteiger partial charge on any atom is 0.335 e. The second-order valence-corrected chi connectivity index (χ2v) is 8.47. The topological polar surface area (TPSA) is 117 Å². The zero-order valence-corrected chi connectivity index (χ0v) is 18.3. The molecule has 0 saturated heterocycles. The largest absolute Gasteiger partial charge is 0.466 e. The number of rotatable bonds is 14. The molecule has 0 saturated carbocycles. The van der Waals surface area contributed by atoms with E-state index >= 15 is 0 Å². The van der Waals surface area contributed by atoms with Gasteiger partial charge in [0.15, 0.2) is 0 Å². The lowest BCUT2D eigenvalue weighted by Gasteiger charge is -2.24. The normalized spacial score (nSPS) is 13.4. The summed E-state index contributed by atoms with van der Waals surface area (Å²) < 4.78 is 34.1. The molecular weight excluding hydrogens is 389 g/mol. The fourth-order valence-electron chi connectivity index (χ4n) is 2.26. The highest BCUT2D eigenvalue weighted by molar-refractivity contribution is 7.54. The van der Waals surface area contributed by atoms with Gasteiger partial charge in [-0.3, -0.25) is 14.2 Å². The molecule has 0 fully saturated rings. The lowest BCUT2D eigenvalue weighted by molar-refractivity contribution is -0.145. The lowest BCUT2D eigenvalue weighted by atomic mass is 10.1. The Labute approximate surface area is 166 Å². The van der Waals surface area contributed by atoms with Crippen molar-refractivity contribution in [3.05, 3.63) is 11.6 Å². The summed E-state index contributed by atoms with van der Waals surface area (Å²) in [5.41, 5.74) is 0.471. The Hall–Kier alpha value is -1.70. The zero-order chi connectivity index (χ0) is 21.7. The Morgan fingerprint density at radius 2 is 1.64 bits per heavy atom. The van der Waals surface area contributed by atoms with E-state index in [2.05, 4.69) is 5.32 Å². The van der Waals surface area contributed by atoms with Crippen molar-refractivity contribution >= 4 is 25.9 Å². The number of carbonyl (C=O) groups excluding carboxylic acids is 3. The molecule has 0 spiro atoms. The van der Waals surface area contributed by atoms with Crippen LogP contribution >= 0.6 is 7.60 Å². The molecule has 0 rings (SSSR count). The van der Waals surface area contributed by atoms with Crippen molar-refractivity contribution in [2.24, 2.45) is 0 Å². The van der Waals surface area contributed by atoms with Crippen LogP contribution in [0.5, 0.6) is 0 Å². The summed E-state index contributed by atoms with van der Waals surface area (Å²) in [7, 11) is -3.55. The van der Waals surface area contributed by atoms with Crippen LogP contribution in [-0.2, 0) is 37.5 Å². The van der Waals surface area contributed by atoms with Gasteiger partial charge in [-0.2, -0.15) is 0 Å². The predicted octanol–water partition coefficient (Wildman–Crippen LogP) is 2.59. The molecular formula is C18H32NO8P. The number of amides is 1. The van der Waals surface area contributed by atoms with Gasteiger partial charge in [-0.15, -0.1) is 0 Å². The second kappa shape index (κ2) is 13.5.